The normalized spacial score (nSPS) is 21.8. The molecule has 0 amide bonds. The van der Waals surface area contributed by atoms with E-state index in [2.05, 4.69) is 15.5 Å². The van der Waals surface area contributed by atoms with Crippen molar-refractivity contribution in [2.45, 2.75) is 18.9 Å². The third-order valence-corrected chi connectivity index (χ3v) is 5.55. The Morgan fingerprint density at radius 2 is 1.95 bits per heavy atom. The minimum atomic E-state index is -2.95. The summed E-state index contributed by atoms with van der Waals surface area (Å²) in [6.45, 7) is 0. The van der Waals surface area contributed by atoms with E-state index in [1.54, 1.807) is 0 Å². The first-order chi connectivity index (χ1) is 9.55. The van der Waals surface area contributed by atoms with Crippen molar-refractivity contribution in [2.24, 2.45) is 0 Å². The van der Waals surface area contributed by atoms with Crippen LogP contribution in [0.2, 0.25) is 5.15 Å². The Labute approximate surface area is 122 Å². The fourth-order valence-electron chi connectivity index (χ4n) is 2.51. The maximum atomic E-state index is 11.7. The fraction of sp³-hybridized carbons (Fsp3) is 0.385. The predicted octanol–water partition coefficient (Wildman–Crippen LogP) is 2.27. The number of hydrogen-bond donors (Lipinski definition) is 1. The Morgan fingerprint density at radius 1 is 1.20 bits per heavy atom. The molecule has 1 fully saturated rings. The maximum absolute atomic E-state index is 11.7. The van der Waals surface area contributed by atoms with Gasteiger partial charge in [0.05, 0.1) is 11.5 Å². The van der Waals surface area contributed by atoms with E-state index in [9.17, 15) is 8.42 Å². The summed E-state index contributed by atoms with van der Waals surface area (Å²) in [7, 11) is -2.95. The summed E-state index contributed by atoms with van der Waals surface area (Å²) >= 11 is 6.02. The molecule has 1 aromatic heterocycles. The molecule has 0 bridgehead atoms. The van der Waals surface area contributed by atoms with Gasteiger partial charge in [-0.05, 0) is 12.8 Å². The van der Waals surface area contributed by atoms with E-state index < -0.39 is 9.84 Å². The average Bonchev–Trinajstić information content (AvgIpc) is 2.41. The average molecular weight is 312 g/mol. The third-order valence-electron chi connectivity index (χ3n) is 3.45. The van der Waals surface area contributed by atoms with Crippen LogP contribution < -0.4 is 5.32 Å². The van der Waals surface area contributed by atoms with Gasteiger partial charge in [0, 0.05) is 16.8 Å². The highest BCUT2D eigenvalue weighted by molar-refractivity contribution is 7.91. The second-order valence-corrected chi connectivity index (χ2v) is 7.57. The number of fused-ring (bicyclic) bond motifs is 1. The van der Waals surface area contributed by atoms with Gasteiger partial charge in [-0.1, -0.05) is 35.9 Å². The van der Waals surface area contributed by atoms with Crippen molar-refractivity contribution in [3.63, 3.8) is 0 Å². The lowest BCUT2D eigenvalue weighted by Gasteiger charge is -2.23. The molecule has 0 spiro atoms. The molecular formula is C13H14ClN3O2S. The predicted molar refractivity (Wildman–Crippen MR) is 79.8 cm³/mol. The van der Waals surface area contributed by atoms with E-state index in [4.69, 9.17) is 11.6 Å². The van der Waals surface area contributed by atoms with Gasteiger partial charge in [0.1, 0.15) is 0 Å². The van der Waals surface area contributed by atoms with Gasteiger partial charge in [-0.3, -0.25) is 0 Å². The molecule has 1 saturated heterocycles. The first kappa shape index (κ1) is 13.6. The van der Waals surface area contributed by atoms with E-state index in [0.717, 1.165) is 17.2 Å². The second-order valence-electron chi connectivity index (χ2n) is 4.98. The van der Waals surface area contributed by atoms with Crippen LogP contribution in [0.25, 0.3) is 10.8 Å². The number of benzene rings is 1. The number of aromatic nitrogens is 2. The lowest BCUT2D eigenvalue weighted by atomic mass is 10.1. The molecule has 2 aromatic rings. The van der Waals surface area contributed by atoms with Crippen molar-refractivity contribution in [2.75, 3.05) is 16.8 Å². The highest BCUT2D eigenvalue weighted by atomic mass is 35.5. The van der Waals surface area contributed by atoms with Gasteiger partial charge in [0.15, 0.2) is 20.8 Å². The molecule has 1 aromatic carbocycles. The Bertz CT molecular complexity index is 748. The fourth-order valence-corrected chi connectivity index (χ4v) is 4.35. The van der Waals surface area contributed by atoms with Gasteiger partial charge in [-0.2, -0.15) is 0 Å². The minimum absolute atomic E-state index is 0.118. The SMILES string of the molecule is O=S1(=O)CCCC(Nc2nnc(Cl)c3ccccc23)C1. The molecule has 1 unspecified atom stereocenters. The third kappa shape index (κ3) is 2.71. The zero-order valence-electron chi connectivity index (χ0n) is 10.7. The highest BCUT2D eigenvalue weighted by Crippen LogP contribution is 2.27. The molecule has 3 rings (SSSR count). The lowest BCUT2D eigenvalue weighted by molar-refractivity contribution is 0.561. The molecule has 0 saturated carbocycles. The Balaban J connectivity index is 1.93. The molecule has 0 radical (unpaired) electrons. The zero-order chi connectivity index (χ0) is 14.2. The van der Waals surface area contributed by atoms with Gasteiger partial charge in [0.25, 0.3) is 0 Å². The number of nitrogens with one attached hydrogen (secondary N) is 1. The van der Waals surface area contributed by atoms with Crippen molar-refractivity contribution in [3.05, 3.63) is 29.4 Å². The van der Waals surface area contributed by atoms with Crippen molar-refractivity contribution in [1.29, 1.82) is 0 Å². The van der Waals surface area contributed by atoms with E-state index in [1.165, 1.54) is 0 Å². The first-order valence-electron chi connectivity index (χ1n) is 6.43. The van der Waals surface area contributed by atoms with Gasteiger partial charge < -0.3 is 5.32 Å². The smallest absolute Gasteiger partial charge is 0.159 e. The first-order valence-corrected chi connectivity index (χ1v) is 8.63. The van der Waals surface area contributed by atoms with Crippen LogP contribution in [0.3, 0.4) is 0 Å². The number of anilines is 1. The van der Waals surface area contributed by atoms with Crippen LogP contribution in [0.15, 0.2) is 24.3 Å². The molecule has 2 heterocycles. The van der Waals surface area contributed by atoms with Gasteiger partial charge >= 0.3 is 0 Å². The number of nitrogens with zero attached hydrogens (tertiary/aromatic N) is 2. The summed E-state index contributed by atoms with van der Waals surface area (Å²) in [6.07, 6.45) is 1.50. The standard InChI is InChI=1S/C13H14ClN3O2S/c14-12-10-5-1-2-6-11(10)13(17-16-12)15-9-4-3-7-20(18,19)8-9/h1-2,5-6,9H,3-4,7-8H2,(H,15,17). The van der Waals surface area contributed by atoms with Crippen molar-refractivity contribution >= 4 is 38.0 Å². The molecule has 1 aliphatic heterocycles. The van der Waals surface area contributed by atoms with Crippen LogP contribution in [-0.2, 0) is 9.84 Å². The molecule has 7 heteroatoms. The summed E-state index contributed by atoms with van der Waals surface area (Å²) in [5.74, 6) is 1.01. The summed E-state index contributed by atoms with van der Waals surface area (Å²) in [4.78, 5) is 0. The van der Waals surface area contributed by atoms with Crippen LogP contribution in [0, 0.1) is 0 Å². The largest absolute Gasteiger partial charge is 0.364 e. The van der Waals surface area contributed by atoms with Crippen molar-refractivity contribution in [3.8, 4) is 0 Å². The van der Waals surface area contributed by atoms with Crippen LogP contribution in [-0.4, -0.2) is 36.2 Å². The molecule has 106 valence electrons. The van der Waals surface area contributed by atoms with Crippen LogP contribution in [0.5, 0.6) is 0 Å². The van der Waals surface area contributed by atoms with Crippen LogP contribution in [0.1, 0.15) is 12.8 Å². The molecule has 1 N–H and O–H groups in total. The summed E-state index contributed by atoms with van der Waals surface area (Å²) in [5, 5.41) is 13.2. The number of halogens is 1. The molecule has 0 aliphatic carbocycles. The minimum Gasteiger partial charge on any atom is -0.364 e. The Morgan fingerprint density at radius 3 is 2.70 bits per heavy atom. The van der Waals surface area contributed by atoms with Gasteiger partial charge in [-0.15, -0.1) is 10.2 Å². The van der Waals surface area contributed by atoms with E-state index in [-0.39, 0.29) is 17.5 Å². The maximum Gasteiger partial charge on any atom is 0.159 e. The van der Waals surface area contributed by atoms with Gasteiger partial charge in [-0.25, -0.2) is 8.42 Å². The summed E-state index contributed by atoms with van der Waals surface area (Å²) in [6, 6.07) is 7.42. The quantitative estimate of drug-likeness (QED) is 0.921. The van der Waals surface area contributed by atoms with Gasteiger partial charge in [0.2, 0.25) is 0 Å². The summed E-state index contributed by atoms with van der Waals surface area (Å²) < 4.78 is 23.3. The molecule has 1 atom stereocenters. The number of rotatable bonds is 2. The Kier molecular flexibility index (Phi) is 3.52. The topological polar surface area (TPSA) is 72.0 Å². The van der Waals surface area contributed by atoms with E-state index >= 15 is 0 Å². The molecule has 5 nitrogen and oxygen atoms in total. The second kappa shape index (κ2) is 5.18. The van der Waals surface area contributed by atoms with Crippen molar-refractivity contribution < 1.29 is 8.42 Å². The van der Waals surface area contributed by atoms with E-state index in [1.807, 2.05) is 24.3 Å². The van der Waals surface area contributed by atoms with E-state index in [0.29, 0.717) is 17.4 Å². The molecule has 1 aliphatic rings. The van der Waals surface area contributed by atoms with Crippen molar-refractivity contribution in [1.82, 2.24) is 10.2 Å². The summed E-state index contributed by atoms with van der Waals surface area (Å²) in [5.41, 5.74) is 0. The molecular weight excluding hydrogens is 298 g/mol. The number of sulfone groups is 1. The lowest BCUT2D eigenvalue weighted by Crippen LogP contribution is -2.35. The Hall–Kier alpha value is -1.40. The highest BCUT2D eigenvalue weighted by Gasteiger charge is 2.25. The van der Waals surface area contributed by atoms with Crippen LogP contribution >= 0.6 is 11.6 Å². The number of hydrogen-bond acceptors (Lipinski definition) is 5. The zero-order valence-corrected chi connectivity index (χ0v) is 12.3. The van der Waals surface area contributed by atoms with Crippen LogP contribution in [0.4, 0.5) is 5.82 Å². The monoisotopic (exact) mass is 311 g/mol. The molecule has 20 heavy (non-hydrogen) atoms.